The lowest BCUT2D eigenvalue weighted by Crippen LogP contribution is -2.45. The Morgan fingerprint density at radius 3 is 2.44 bits per heavy atom. The van der Waals surface area contributed by atoms with Gasteiger partial charge in [0.15, 0.2) is 11.4 Å². The Hall–Kier alpha value is -3.24. The average Bonchev–Trinajstić information content (AvgIpc) is 3.11. The van der Waals surface area contributed by atoms with Crippen LogP contribution in [0.2, 0.25) is 0 Å². The van der Waals surface area contributed by atoms with E-state index < -0.39 is 23.4 Å². The highest BCUT2D eigenvalue weighted by Gasteiger charge is 2.47. The molecule has 2 aromatic carbocycles. The number of anilines is 1. The van der Waals surface area contributed by atoms with E-state index in [1.54, 1.807) is 24.3 Å². The Labute approximate surface area is 182 Å². The molecule has 0 unspecified atom stereocenters. The number of amides is 1. The highest BCUT2D eigenvalue weighted by atomic mass is 19.4. The van der Waals surface area contributed by atoms with Gasteiger partial charge in [0.2, 0.25) is 0 Å². The van der Waals surface area contributed by atoms with E-state index in [-0.39, 0.29) is 5.76 Å². The van der Waals surface area contributed by atoms with E-state index in [0.29, 0.717) is 48.6 Å². The molecule has 7 nitrogen and oxygen atoms in total. The second-order valence-electron chi connectivity index (χ2n) is 7.44. The minimum atomic E-state index is -4.45. The van der Waals surface area contributed by atoms with Crippen molar-refractivity contribution < 1.29 is 32.3 Å². The predicted octanol–water partition coefficient (Wildman–Crippen LogP) is 4.29. The van der Waals surface area contributed by atoms with Crippen LogP contribution in [0.3, 0.4) is 0 Å². The summed E-state index contributed by atoms with van der Waals surface area (Å²) in [5.41, 5.74) is 2.24. The van der Waals surface area contributed by atoms with Crippen LogP contribution in [-0.2, 0) is 15.8 Å². The fourth-order valence-electron chi connectivity index (χ4n) is 3.76. The van der Waals surface area contributed by atoms with Crippen molar-refractivity contribution in [2.75, 3.05) is 25.5 Å². The minimum Gasteiger partial charge on any atom is -0.495 e. The lowest BCUT2D eigenvalue weighted by atomic mass is 9.89. The van der Waals surface area contributed by atoms with E-state index in [2.05, 4.69) is 16.1 Å². The number of para-hydroxylation sites is 2. The number of hydroxylamine groups is 1. The van der Waals surface area contributed by atoms with Gasteiger partial charge < -0.3 is 14.8 Å². The molecule has 170 valence electrons. The summed E-state index contributed by atoms with van der Waals surface area (Å²) >= 11 is 0. The molecule has 0 aromatic heterocycles. The molecule has 1 fully saturated rings. The minimum absolute atomic E-state index is 0.228. The third-order valence-electron chi connectivity index (χ3n) is 5.44. The van der Waals surface area contributed by atoms with Crippen molar-refractivity contribution in [1.29, 1.82) is 0 Å². The third-order valence-corrected chi connectivity index (χ3v) is 5.44. The van der Waals surface area contributed by atoms with Crippen molar-refractivity contribution in [3.8, 4) is 5.75 Å². The fourth-order valence-corrected chi connectivity index (χ4v) is 3.76. The smallest absolute Gasteiger partial charge is 0.417 e. The first-order chi connectivity index (χ1) is 15.3. The largest absolute Gasteiger partial charge is 0.495 e. The summed E-state index contributed by atoms with van der Waals surface area (Å²) in [6.07, 6.45) is -4.18. The van der Waals surface area contributed by atoms with Crippen molar-refractivity contribution in [2.45, 2.75) is 24.6 Å². The molecule has 2 aliphatic heterocycles. The second kappa shape index (κ2) is 8.71. The van der Waals surface area contributed by atoms with E-state index in [4.69, 9.17) is 14.3 Å². The van der Waals surface area contributed by atoms with Gasteiger partial charge in [-0.3, -0.25) is 15.6 Å². The number of methoxy groups -OCH3 is 1. The number of nitrogens with one attached hydrogen (secondary N) is 3. The van der Waals surface area contributed by atoms with Gasteiger partial charge in [-0.05, 0) is 50.2 Å². The molecular weight excluding hydrogens is 427 g/mol. The first-order valence-electron chi connectivity index (χ1n) is 10.0. The molecule has 4 rings (SSSR count). The highest BCUT2D eigenvalue weighted by molar-refractivity contribution is 5.88. The molecule has 0 radical (unpaired) electrons. The van der Waals surface area contributed by atoms with Crippen LogP contribution in [-0.4, -0.2) is 31.9 Å². The van der Waals surface area contributed by atoms with E-state index in [9.17, 15) is 18.0 Å². The van der Waals surface area contributed by atoms with Gasteiger partial charge >= 0.3 is 12.3 Å². The zero-order valence-electron chi connectivity index (χ0n) is 17.2. The Bertz CT molecular complexity index is 1020. The van der Waals surface area contributed by atoms with E-state index in [1.807, 2.05) is 0 Å². The topological polar surface area (TPSA) is 80.9 Å². The van der Waals surface area contributed by atoms with Gasteiger partial charge in [-0.25, -0.2) is 4.79 Å². The van der Waals surface area contributed by atoms with Crippen LogP contribution in [0, 0.1) is 0 Å². The fraction of sp³-hybridized carbons (Fsp3) is 0.318. The maximum absolute atomic E-state index is 13.0. The summed E-state index contributed by atoms with van der Waals surface area (Å²) in [6, 6.07) is 11.4. The quantitative estimate of drug-likeness (QED) is 0.646. The first kappa shape index (κ1) is 22.0. The van der Waals surface area contributed by atoms with E-state index in [1.165, 1.54) is 19.2 Å². The maximum atomic E-state index is 13.0. The standard InChI is InChI=1S/C22H22F3N3O4/c1-30-17-5-3-2-4-16(17)27-20(29)31-19-18(28-32-21(19)10-12-26-13-11-21)14-6-8-15(9-7-14)22(23,24)25/h2-9,26,28H,10-13H2,1H3,(H,27,29). The Balaban J connectivity index is 1.65. The highest BCUT2D eigenvalue weighted by Crippen LogP contribution is 2.41. The molecule has 0 atom stereocenters. The molecular formula is C22H22F3N3O4. The van der Waals surface area contributed by atoms with Crippen LogP contribution in [0.25, 0.3) is 5.70 Å². The van der Waals surface area contributed by atoms with Crippen molar-refractivity contribution in [3.63, 3.8) is 0 Å². The summed E-state index contributed by atoms with van der Waals surface area (Å²) in [7, 11) is 1.48. The monoisotopic (exact) mass is 449 g/mol. The first-order valence-corrected chi connectivity index (χ1v) is 10.0. The molecule has 2 aromatic rings. The summed E-state index contributed by atoms with van der Waals surface area (Å²) in [4.78, 5) is 18.6. The van der Waals surface area contributed by atoms with Crippen molar-refractivity contribution in [3.05, 3.63) is 65.4 Å². The molecule has 3 N–H and O–H groups in total. The summed E-state index contributed by atoms with van der Waals surface area (Å²) < 4.78 is 49.8. The Morgan fingerprint density at radius 1 is 1.09 bits per heavy atom. The number of hydrogen-bond donors (Lipinski definition) is 3. The van der Waals surface area contributed by atoms with Gasteiger partial charge in [-0.2, -0.15) is 13.2 Å². The molecule has 32 heavy (non-hydrogen) atoms. The number of halogens is 3. The van der Waals surface area contributed by atoms with Gasteiger partial charge in [-0.15, -0.1) is 0 Å². The molecule has 2 aliphatic rings. The third kappa shape index (κ3) is 4.37. The van der Waals surface area contributed by atoms with E-state index in [0.717, 1.165) is 12.1 Å². The number of rotatable bonds is 4. The predicted molar refractivity (Wildman–Crippen MR) is 111 cm³/mol. The zero-order chi connectivity index (χ0) is 22.8. The van der Waals surface area contributed by atoms with Crippen molar-refractivity contribution in [2.24, 2.45) is 0 Å². The molecule has 2 heterocycles. The maximum Gasteiger partial charge on any atom is 0.417 e. The van der Waals surface area contributed by atoms with Crippen LogP contribution in [0.15, 0.2) is 54.3 Å². The number of carbonyl (C=O) groups is 1. The van der Waals surface area contributed by atoms with Crippen LogP contribution in [0.4, 0.5) is 23.7 Å². The SMILES string of the molecule is COc1ccccc1NC(=O)OC1=C(c2ccc(C(F)(F)F)cc2)NOC12CCNCC2. The number of alkyl halides is 3. The molecule has 0 bridgehead atoms. The van der Waals surface area contributed by atoms with Crippen molar-refractivity contribution in [1.82, 2.24) is 10.8 Å². The van der Waals surface area contributed by atoms with E-state index >= 15 is 0 Å². The molecule has 1 spiro atoms. The Morgan fingerprint density at radius 2 is 1.78 bits per heavy atom. The van der Waals surface area contributed by atoms with Gasteiger partial charge in [0.05, 0.1) is 18.4 Å². The summed E-state index contributed by atoms with van der Waals surface area (Å²) in [5.74, 6) is 0.685. The van der Waals surface area contributed by atoms with Gasteiger partial charge in [0, 0.05) is 5.56 Å². The summed E-state index contributed by atoms with van der Waals surface area (Å²) in [6.45, 7) is 1.26. The van der Waals surface area contributed by atoms with Crippen LogP contribution < -0.4 is 20.9 Å². The van der Waals surface area contributed by atoms with Crippen LogP contribution >= 0.6 is 0 Å². The number of piperidine rings is 1. The van der Waals surface area contributed by atoms with Gasteiger partial charge in [0.1, 0.15) is 11.4 Å². The summed E-state index contributed by atoms with van der Waals surface area (Å²) in [5, 5.41) is 5.86. The average molecular weight is 449 g/mol. The van der Waals surface area contributed by atoms with Gasteiger partial charge in [-0.1, -0.05) is 24.3 Å². The second-order valence-corrected chi connectivity index (χ2v) is 7.44. The molecule has 0 saturated carbocycles. The molecule has 0 aliphatic carbocycles. The number of hydrogen-bond acceptors (Lipinski definition) is 6. The number of carbonyl (C=O) groups excluding carboxylic acids is 1. The molecule has 10 heteroatoms. The lowest BCUT2D eigenvalue weighted by molar-refractivity contribution is -0.137. The normalized spacial score (nSPS) is 17.8. The van der Waals surface area contributed by atoms with Crippen LogP contribution in [0.5, 0.6) is 5.75 Å². The zero-order valence-corrected chi connectivity index (χ0v) is 17.2. The number of benzene rings is 2. The van der Waals surface area contributed by atoms with Crippen molar-refractivity contribution >= 4 is 17.5 Å². The van der Waals surface area contributed by atoms with Gasteiger partial charge in [0.25, 0.3) is 0 Å². The van der Waals surface area contributed by atoms with Crippen LogP contribution in [0.1, 0.15) is 24.0 Å². The lowest BCUT2D eigenvalue weighted by Gasteiger charge is -2.32. The number of ether oxygens (including phenoxy) is 2. The molecule has 1 saturated heterocycles. The Kier molecular flexibility index (Phi) is 5.98. The molecule has 1 amide bonds.